The van der Waals surface area contributed by atoms with Crippen LogP contribution in [-0.2, 0) is 6.42 Å². The van der Waals surface area contributed by atoms with Crippen molar-refractivity contribution in [3.63, 3.8) is 0 Å². The van der Waals surface area contributed by atoms with E-state index in [1.807, 2.05) is 30.3 Å². The van der Waals surface area contributed by atoms with Gasteiger partial charge in [-0.05, 0) is 65.8 Å². The fraction of sp³-hybridized carbons (Fsp3) is 0.385. The third kappa shape index (κ3) is 5.35. The van der Waals surface area contributed by atoms with Crippen molar-refractivity contribution in [3.8, 4) is 17.6 Å². The van der Waals surface area contributed by atoms with E-state index in [0.717, 1.165) is 16.9 Å². The molecular formula is C26H27ClO5. The van der Waals surface area contributed by atoms with E-state index in [1.54, 1.807) is 18.2 Å². The van der Waals surface area contributed by atoms with Crippen LogP contribution in [0.4, 0.5) is 0 Å². The number of aliphatic hydroxyl groups is 4. The number of halogens is 1. The van der Waals surface area contributed by atoms with E-state index < -0.39 is 24.2 Å². The molecular weight excluding hydrogens is 428 g/mol. The lowest BCUT2D eigenvalue weighted by atomic mass is 9.81. The van der Waals surface area contributed by atoms with Gasteiger partial charge in [0, 0.05) is 16.9 Å². The Morgan fingerprint density at radius 3 is 2.44 bits per heavy atom. The second-order valence-electron chi connectivity index (χ2n) is 8.41. The monoisotopic (exact) mass is 454 g/mol. The smallest absolute Gasteiger partial charge is 0.149 e. The first-order valence-electron chi connectivity index (χ1n) is 10.8. The summed E-state index contributed by atoms with van der Waals surface area (Å²) >= 11 is 6.42. The molecule has 0 saturated heterocycles. The normalized spacial score (nSPS) is 25.0. The third-order valence-electron chi connectivity index (χ3n) is 5.93. The van der Waals surface area contributed by atoms with Crippen molar-refractivity contribution >= 4 is 17.2 Å². The van der Waals surface area contributed by atoms with Gasteiger partial charge in [-0.15, -0.1) is 0 Å². The predicted molar refractivity (Wildman–Crippen MR) is 123 cm³/mol. The highest BCUT2D eigenvalue weighted by molar-refractivity contribution is 6.31. The zero-order valence-corrected chi connectivity index (χ0v) is 18.4. The predicted octanol–water partition coefficient (Wildman–Crippen LogP) is 2.81. The van der Waals surface area contributed by atoms with E-state index in [1.165, 1.54) is 12.8 Å². The minimum atomic E-state index is -1.37. The highest BCUT2D eigenvalue weighted by Crippen LogP contribution is 2.33. The van der Waals surface area contributed by atoms with Gasteiger partial charge in [0.25, 0.3) is 0 Å². The molecule has 2 aliphatic carbocycles. The Kier molecular flexibility index (Phi) is 7.20. The molecule has 0 spiro atoms. The number of aliphatic hydroxyl groups excluding tert-OH is 4. The summed E-state index contributed by atoms with van der Waals surface area (Å²) in [5, 5.41) is 40.8. The molecule has 1 saturated carbocycles. The molecule has 5 nitrogen and oxygen atoms in total. The molecule has 0 unspecified atom stereocenters. The van der Waals surface area contributed by atoms with Crippen LogP contribution in [0.15, 0.2) is 48.5 Å². The number of rotatable bonds is 6. The van der Waals surface area contributed by atoms with Crippen LogP contribution in [0.2, 0.25) is 5.02 Å². The Labute approximate surface area is 192 Å². The summed E-state index contributed by atoms with van der Waals surface area (Å²) in [6.45, 7) is 0.0615. The molecule has 0 bridgehead atoms. The van der Waals surface area contributed by atoms with E-state index >= 15 is 0 Å². The van der Waals surface area contributed by atoms with Gasteiger partial charge in [0.2, 0.25) is 0 Å². The van der Waals surface area contributed by atoms with E-state index in [-0.39, 0.29) is 6.61 Å². The van der Waals surface area contributed by atoms with E-state index in [2.05, 4.69) is 11.8 Å². The van der Waals surface area contributed by atoms with Crippen LogP contribution in [0.3, 0.4) is 0 Å². The average Bonchev–Trinajstić information content (AvgIpc) is 3.63. The highest BCUT2D eigenvalue weighted by atomic mass is 35.5. The van der Waals surface area contributed by atoms with Crippen LogP contribution in [0.1, 0.15) is 29.5 Å². The Hall–Kier alpha value is -2.33. The number of hydrogen-bond acceptors (Lipinski definition) is 5. The van der Waals surface area contributed by atoms with Crippen LogP contribution in [0.5, 0.6) is 5.75 Å². The van der Waals surface area contributed by atoms with Crippen LogP contribution in [0.25, 0.3) is 5.57 Å². The molecule has 0 heterocycles. The summed E-state index contributed by atoms with van der Waals surface area (Å²) in [4.78, 5) is 0. The van der Waals surface area contributed by atoms with Crippen LogP contribution in [-0.4, -0.2) is 52.0 Å². The van der Waals surface area contributed by atoms with Gasteiger partial charge in [-0.25, -0.2) is 0 Å². The Bertz CT molecular complexity index is 1030. The van der Waals surface area contributed by atoms with Gasteiger partial charge in [-0.3, -0.25) is 0 Å². The van der Waals surface area contributed by atoms with Gasteiger partial charge in [0.15, 0.2) is 0 Å². The second kappa shape index (κ2) is 10.1. The van der Waals surface area contributed by atoms with Crippen molar-refractivity contribution in [2.75, 3.05) is 13.2 Å². The van der Waals surface area contributed by atoms with Gasteiger partial charge in [0.05, 0.1) is 12.7 Å². The van der Waals surface area contributed by atoms with E-state index in [9.17, 15) is 20.4 Å². The van der Waals surface area contributed by atoms with Crippen molar-refractivity contribution in [2.45, 2.75) is 37.6 Å². The maximum Gasteiger partial charge on any atom is 0.149 e. The zero-order valence-electron chi connectivity index (χ0n) is 17.6. The zero-order chi connectivity index (χ0) is 22.7. The molecule has 0 aromatic heterocycles. The molecule has 0 aliphatic heterocycles. The van der Waals surface area contributed by atoms with Crippen molar-refractivity contribution < 1.29 is 25.2 Å². The van der Waals surface area contributed by atoms with Gasteiger partial charge in [-0.1, -0.05) is 47.7 Å². The van der Waals surface area contributed by atoms with Gasteiger partial charge in [0.1, 0.15) is 24.6 Å². The number of ether oxygens (including phenoxy) is 1. The summed E-state index contributed by atoms with van der Waals surface area (Å²) in [6.07, 6.45) is 0.762. The largest absolute Gasteiger partial charge is 0.481 e. The number of hydrogen-bond donors (Lipinski definition) is 4. The van der Waals surface area contributed by atoms with Crippen molar-refractivity contribution in [3.05, 3.63) is 70.3 Å². The quantitative estimate of drug-likeness (QED) is 0.504. The van der Waals surface area contributed by atoms with Crippen molar-refractivity contribution in [2.24, 2.45) is 11.8 Å². The molecule has 1 fully saturated rings. The third-order valence-corrected chi connectivity index (χ3v) is 6.30. The van der Waals surface area contributed by atoms with Gasteiger partial charge >= 0.3 is 0 Å². The van der Waals surface area contributed by atoms with E-state index in [4.69, 9.17) is 16.3 Å². The van der Waals surface area contributed by atoms with Gasteiger partial charge < -0.3 is 25.2 Å². The standard InChI is InChI=1S/C26H27ClO5/c27-23-10-7-18(22-14-20(15-28)24(29)26(31)25(22)30)13-19(23)12-17-5-8-21(9-6-17)32-11-1-2-16-3-4-16/h5-10,13-14,16,20,24-26,28-31H,3-4,11-12,15H2/t20-,24-,25+,26+/m1/s1. The second-order valence-corrected chi connectivity index (χ2v) is 8.81. The van der Waals surface area contributed by atoms with Crippen LogP contribution < -0.4 is 4.74 Å². The van der Waals surface area contributed by atoms with Crippen molar-refractivity contribution in [1.82, 2.24) is 0 Å². The van der Waals surface area contributed by atoms with Crippen LogP contribution >= 0.6 is 11.6 Å². The summed E-state index contributed by atoms with van der Waals surface area (Å²) in [6, 6.07) is 13.1. The average molecular weight is 455 g/mol. The maximum absolute atomic E-state index is 10.5. The SMILES string of the molecule is OC[C@H]1C=C(c2ccc(Cl)c(Cc3ccc(OCC#CC4CC4)cc3)c2)[C@H](O)[C@@H](O)[C@@H]1O. The number of benzene rings is 2. The lowest BCUT2D eigenvalue weighted by molar-refractivity contribution is -0.0687. The molecule has 2 aliphatic rings. The molecule has 0 radical (unpaired) electrons. The Balaban J connectivity index is 1.47. The Morgan fingerprint density at radius 1 is 1.00 bits per heavy atom. The molecule has 4 atom stereocenters. The summed E-state index contributed by atoms with van der Waals surface area (Å²) < 4.78 is 5.66. The lowest BCUT2D eigenvalue weighted by Gasteiger charge is -2.34. The molecule has 0 amide bonds. The fourth-order valence-corrected chi connectivity index (χ4v) is 4.01. The fourth-order valence-electron chi connectivity index (χ4n) is 3.83. The molecule has 168 valence electrons. The minimum Gasteiger partial charge on any atom is -0.481 e. The summed E-state index contributed by atoms with van der Waals surface area (Å²) in [7, 11) is 0. The molecule has 4 rings (SSSR count). The highest BCUT2D eigenvalue weighted by Gasteiger charge is 2.37. The van der Waals surface area contributed by atoms with Crippen LogP contribution in [0, 0.1) is 23.7 Å². The molecule has 32 heavy (non-hydrogen) atoms. The maximum atomic E-state index is 10.5. The lowest BCUT2D eigenvalue weighted by Crippen LogP contribution is -2.46. The Morgan fingerprint density at radius 2 is 1.75 bits per heavy atom. The molecule has 2 aromatic carbocycles. The summed E-state index contributed by atoms with van der Waals surface area (Å²) in [5.41, 5.74) is 3.07. The first-order chi connectivity index (χ1) is 15.5. The van der Waals surface area contributed by atoms with E-state index in [0.29, 0.717) is 35.1 Å². The molecule has 2 aromatic rings. The molecule has 4 N–H and O–H groups in total. The van der Waals surface area contributed by atoms with Crippen molar-refractivity contribution in [1.29, 1.82) is 0 Å². The minimum absolute atomic E-state index is 0.324. The molecule has 6 heteroatoms. The first kappa shape index (κ1) is 22.8. The van der Waals surface area contributed by atoms with Gasteiger partial charge in [-0.2, -0.15) is 0 Å². The first-order valence-corrected chi connectivity index (χ1v) is 11.2. The summed E-state index contributed by atoms with van der Waals surface area (Å²) in [5.74, 6) is 6.89. The topological polar surface area (TPSA) is 90.2 Å².